The average Bonchev–Trinajstić information content (AvgIpc) is 2.80. The van der Waals surface area contributed by atoms with Gasteiger partial charge in [-0.15, -0.1) is 0 Å². The van der Waals surface area contributed by atoms with E-state index in [4.69, 9.17) is 0 Å². The maximum atomic E-state index is 13.4. The first-order valence-corrected chi connectivity index (χ1v) is 8.66. The standard InChI is InChI=1S/C14H19FN2O3S/c1-17(12-7-9-21(19,20)10-12)14(18)16-8-6-11-4-2-3-5-13(11)15/h2-5,12H,6-10H2,1H3,(H,16,18). The number of nitrogens with zero attached hydrogens (tertiary/aromatic N) is 1. The van der Waals surface area contributed by atoms with Crippen LogP contribution < -0.4 is 5.32 Å². The van der Waals surface area contributed by atoms with Crippen LogP contribution in [0.2, 0.25) is 0 Å². The topological polar surface area (TPSA) is 66.5 Å². The van der Waals surface area contributed by atoms with Gasteiger partial charge in [-0.25, -0.2) is 17.6 Å². The van der Waals surface area contributed by atoms with E-state index in [1.54, 1.807) is 25.2 Å². The third-order valence-electron chi connectivity index (χ3n) is 3.70. The van der Waals surface area contributed by atoms with Gasteiger partial charge in [-0.05, 0) is 24.5 Å². The highest BCUT2D eigenvalue weighted by Gasteiger charge is 2.32. The van der Waals surface area contributed by atoms with Gasteiger partial charge < -0.3 is 10.2 Å². The molecule has 2 amide bonds. The maximum Gasteiger partial charge on any atom is 0.317 e. The van der Waals surface area contributed by atoms with Crippen LogP contribution in [0.15, 0.2) is 24.3 Å². The number of nitrogens with one attached hydrogen (secondary N) is 1. The summed E-state index contributed by atoms with van der Waals surface area (Å²) in [6, 6.07) is 5.82. The van der Waals surface area contributed by atoms with E-state index in [0.717, 1.165) is 0 Å². The quantitative estimate of drug-likeness (QED) is 0.908. The summed E-state index contributed by atoms with van der Waals surface area (Å²) in [6.45, 7) is 0.309. The molecule has 0 aromatic heterocycles. The van der Waals surface area contributed by atoms with E-state index in [9.17, 15) is 17.6 Å². The van der Waals surface area contributed by atoms with Crippen LogP contribution in [0.3, 0.4) is 0 Å². The molecule has 0 aliphatic carbocycles. The lowest BCUT2D eigenvalue weighted by atomic mass is 10.1. The van der Waals surface area contributed by atoms with Crippen molar-refractivity contribution in [3.8, 4) is 0 Å². The third-order valence-corrected chi connectivity index (χ3v) is 5.46. The zero-order chi connectivity index (χ0) is 15.5. The number of sulfone groups is 1. The number of hydrogen-bond acceptors (Lipinski definition) is 3. The number of halogens is 1. The largest absolute Gasteiger partial charge is 0.338 e. The van der Waals surface area contributed by atoms with Crippen molar-refractivity contribution in [3.63, 3.8) is 0 Å². The minimum absolute atomic E-state index is 0.0181. The van der Waals surface area contributed by atoms with Gasteiger partial charge >= 0.3 is 6.03 Å². The Balaban J connectivity index is 1.81. The van der Waals surface area contributed by atoms with Crippen molar-refractivity contribution < 1.29 is 17.6 Å². The molecule has 116 valence electrons. The molecule has 1 heterocycles. The molecule has 1 unspecified atom stereocenters. The monoisotopic (exact) mass is 314 g/mol. The molecular formula is C14H19FN2O3S. The second kappa shape index (κ2) is 6.43. The molecule has 0 radical (unpaired) electrons. The van der Waals surface area contributed by atoms with Crippen molar-refractivity contribution in [2.45, 2.75) is 18.9 Å². The van der Waals surface area contributed by atoms with Gasteiger partial charge in [0.15, 0.2) is 9.84 Å². The maximum absolute atomic E-state index is 13.4. The molecule has 21 heavy (non-hydrogen) atoms. The molecule has 1 aromatic carbocycles. The van der Waals surface area contributed by atoms with Gasteiger partial charge in [-0.3, -0.25) is 0 Å². The van der Waals surface area contributed by atoms with Crippen LogP contribution in [0.5, 0.6) is 0 Å². The molecule has 1 atom stereocenters. The van der Waals surface area contributed by atoms with E-state index in [2.05, 4.69) is 5.32 Å². The van der Waals surface area contributed by atoms with Crippen molar-refractivity contribution in [2.24, 2.45) is 0 Å². The van der Waals surface area contributed by atoms with E-state index in [1.165, 1.54) is 11.0 Å². The zero-order valence-corrected chi connectivity index (χ0v) is 12.7. The van der Waals surface area contributed by atoms with Crippen molar-refractivity contribution in [1.82, 2.24) is 10.2 Å². The van der Waals surface area contributed by atoms with Gasteiger partial charge in [-0.1, -0.05) is 18.2 Å². The van der Waals surface area contributed by atoms with E-state index >= 15 is 0 Å². The summed E-state index contributed by atoms with van der Waals surface area (Å²) in [6.07, 6.45) is 0.870. The molecule has 0 spiro atoms. The molecule has 1 aliphatic heterocycles. The number of benzene rings is 1. The van der Waals surface area contributed by atoms with E-state index in [-0.39, 0.29) is 29.4 Å². The lowest BCUT2D eigenvalue weighted by Crippen LogP contribution is -2.44. The van der Waals surface area contributed by atoms with Gasteiger partial charge in [0.25, 0.3) is 0 Å². The van der Waals surface area contributed by atoms with E-state index < -0.39 is 9.84 Å². The minimum Gasteiger partial charge on any atom is -0.338 e. The third kappa shape index (κ3) is 4.17. The molecule has 1 fully saturated rings. The fraction of sp³-hybridized carbons (Fsp3) is 0.500. The predicted octanol–water partition coefficient (Wildman–Crippen LogP) is 1.20. The highest BCUT2D eigenvalue weighted by Crippen LogP contribution is 2.16. The first-order chi connectivity index (χ1) is 9.89. The van der Waals surface area contributed by atoms with Crippen LogP contribution >= 0.6 is 0 Å². The molecule has 5 nitrogen and oxygen atoms in total. The van der Waals surface area contributed by atoms with E-state index in [1.807, 2.05) is 0 Å². The summed E-state index contributed by atoms with van der Waals surface area (Å²) in [5, 5.41) is 2.69. The molecule has 1 N–H and O–H groups in total. The molecular weight excluding hydrogens is 295 g/mol. The average molecular weight is 314 g/mol. The highest BCUT2D eigenvalue weighted by molar-refractivity contribution is 7.91. The van der Waals surface area contributed by atoms with Crippen LogP contribution in [-0.2, 0) is 16.3 Å². The van der Waals surface area contributed by atoms with Crippen molar-refractivity contribution in [3.05, 3.63) is 35.6 Å². The Bertz CT molecular complexity index is 618. The molecule has 2 rings (SSSR count). The summed E-state index contributed by atoms with van der Waals surface area (Å²) in [5.74, 6) is -0.142. The predicted molar refractivity (Wildman–Crippen MR) is 78.3 cm³/mol. The summed E-state index contributed by atoms with van der Waals surface area (Å²) in [5.41, 5.74) is 0.545. The van der Waals surface area contributed by atoms with Crippen molar-refractivity contribution >= 4 is 15.9 Å². The van der Waals surface area contributed by atoms with Gasteiger partial charge in [-0.2, -0.15) is 0 Å². The van der Waals surface area contributed by atoms with Crippen LogP contribution in [0.25, 0.3) is 0 Å². The lowest BCUT2D eigenvalue weighted by molar-refractivity contribution is 0.195. The zero-order valence-electron chi connectivity index (χ0n) is 11.9. The van der Waals surface area contributed by atoms with Gasteiger partial charge in [0.2, 0.25) is 0 Å². The normalized spacial score (nSPS) is 20.2. The fourth-order valence-electron chi connectivity index (χ4n) is 2.38. The Labute approximate surface area is 124 Å². The minimum atomic E-state index is -3.01. The molecule has 1 aromatic rings. The summed E-state index contributed by atoms with van der Waals surface area (Å²) >= 11 is 0. The Hall–Kier alpha value is -1.63. The number of hydrogen-bond donors (Lipinski definition) is 1. The van der Waals surface area contributed by atoms with Crippen LogP contribution in [-0.4, -0.2) is 50.5 Å². The number of rotatable bonds is 4. The Morgan fingerprint density at radius 1 is 1.43 bits per heavy atom. The highest BCUT2D eigenvalue weighted by atomic mass is 32.2. The Morgan fingerprint density at radius 3 is 2.76 bits per heavy atom. The number of carbonyl (C=O) groups excluding carboxylic acids is 1. The second-order valence-electron chi connectivity index (χ2n) is 5.24. The molecule has 1 saturated heterocycles. The molecule has 0 saturated carbocycles. The van der Waals surface area contributed by atoms with Gasteiger partial charge in [0, 0.05) is 19.6 Å². The van der Waals surface area contributed by atoms with Gasteiger partial charge in [0.05, 0.1) is 11.5 Å². The summed E-state index contributed by atoms with van der Waals surface area (Å²) in [4.78, 5) is 13.4. The Morgan fingerprint density at radius 2 is 2.14 bits per heavy atom. The smallest absolute Gasteiger partial charge is 0.317 e. The number of carbonyl (C=O) groups is 1. The van der Waals surface area contributed by atoms with Crippen LogP contribution in [0.1, 0.15) is 12.0 Å². The van der Waals surface area contributed by atoms with Crippen LogP contribution in [0.4, 0.5) is 9.18 Å². The molecule has 0 bridgehead atoms. The number of amides is 2. The first-order valence-electron chi connectivity index (χ1n) is 6.83. The molecule has 1 aliphatic rings. The fourth-order valence-corrected chi connectivity index (χ4v) is 4.15. The lowest BCUT2D eigenvalue weighted by Gasteiger charge is -2.23. The van der Waals surface area contributed by atoms with Crippen molar-refractivity contribution in [1.29, 1.82) is 0 Å². The SMILES string of the molecule is CN(C(=O)NCCc1ccccc1F)C1CCS(=O)(=O)C1. The van der Waals surface area contributed by atoms with Gasteiger partial charge in [0.1, 0.15) is 5.82 Å². The first kappa shape index (κ1) is 15.8. The second-order valence-corrected chi connectivity index (χ2v) is 7.47. The van der Waals surface area contributed by atoms with Crippen LogP contribution in [0, 0.1) is 5.82 Å². The summed E-state index contributed by atoms with van der Waals surface area (Å²) in [7, 11) is -1.43. The van der Waals surface area contributed by atoms with Crippen molar-refractivity contribution in [2.75, 3.05) is 25.1 Å². The van der Waals surface area contributed by atoms with E-state index in [0.29, 0.717) is 24.9 Å². The molecule has 7 heteroatoms. The summed E-state index contributed by atoms with van der Waals surface area (Å²) < 4.78 is 36.2. The number of urea groups is 1. The Kier molecular flexibility index (Phi) is 4.82.